The molecule has 1 heterocycles. The zero-order valence-corrected chi connectivity index (χ0v) is 15.8. The Balaban J connectivity index is 1.59. The van der Waals surface area contributed by atoms with Gasteiger partial charge in [-0.2, -0.15) is 0 Å². The van der Waals surface area contributed by atoms with Gasteiger partial charge in [0, 0.05) is 35.2 Å². The van der Waals surface area contributed by atoms with Crippen LogP contribution >= 0.6 is 23.2 Å². The summed E-state index contributed by atoms with van der Waals surface area (Å²) in [5.41, 5.74) is 1.47. The highest BCUT2D eigenvalue weighted by molar-refractivity contribution is 6.31. The molecule has 1 unspecified atom stereocenters. The topological polar surface area (TPSA) is 49.4 Å². The van der Waals surface area contributed by atoms with Gasteiger partial charge < -0.3 is 10.2 Å². The third-order valence-corrected chi connectivity index (χ3v) is 5.20. The van der Waals surface area contributed by atoms with Gasteiger partial charge in [0.2, 0.25) is 5.91 Å². The van der Waals surface area contributed by atoms with Crippen molar-refractivity contribution in [1.29, 1.82) is 0 Å². The van der Waals surface area contributed by atoms with Gasteiger partial charge >= 0.3 is 0 Å². The van der Waals surface area contributed by atoms with Crippen molar-refractivity contribution in [2.75, 3.05) is 13.1 Å². The van der Waals surface area contributed by atoms with E-state index in [1.165, 1.54) is 0 Å². The van der Waals surface area contributed by atoms with Crippen LogP contribution < -0.4 is 5.32 Å². The number of halogens is 2. The van der Waals surface area contributed by atoms with Crippen molar-refractivity contribution in [3.8, 4) is 0 Å². The Bertz CT molecular complexity index is 793. The van der Waals surface area contributed by atoms with Crippen LogP contribution in [0.4, 0.5) is 0 Å². The number of amides is 2. The molecule has 1 aliphatic heterocycles. The zero-order valence-electron chi connectivity index (χ0n) is 14.3. The van der Waals surface area contributed by atoms with Gasteiger partial charge in [-0.1, -0.05) is 41.4 Å². The molecule has 6 heteroatoms. The fourth-order valence-corrected chi connectivity index (χ4v) is 3.45. The van der Waals surface area contributed by atoms with Gasteiger partial charge in [0.15, 0.2) is 0 Å². The molecule has 4 nitrogen and oxygen atoms in total. The largest absolute Gasteiger partial charge is 0.352 e. The third-order valence-electron chi connectivity index (χ3n) is 4.58. The van der Waals surface area contributed by atoms with E-state index in [4.69, 9.17) is 23.2 Å². The second-order valence-electron chi connectivity index (χ2n) is 6.41. The Kier molecular flexibility index (Phi) is 6.17. The predicted octanol–water partition coefficient (Wildman–Crippen LogP) is 4.16. The summed E-state index contributed by atoms with van der Waals surface area (Å²) in [6, 6.07) is 14.3. The van der Waals surface area contributed by atoms with Crippen LogP contribution in [0.2, 0.25) is 10.0 Å². The molecule has 0 radical (unpaired) electrons. The van der Waals surface area contributed by atoms with E-state index in [0.717, 1.165) is 18.4 Å². The van der Waals surface area contributed by atoms with Gasteiger partial charge in [0.05, 0.1) is 5.92 Å². The molecule has 2 aromatic rings. The molecule has 0 aromatic heterocycles. The van der Waals surface area contributed by atoms with E-state index in [1.807, 2.05) is 18.2 Å². The van der Waals surface area contributed by atoms with E-state index in [9.17, 15) is 9.59 Å². The van der Waals surface area contributed by atoms with E-state index in [-0.39, 0.29) is 17.7 Å². The van der Waals surface area contributed by atoms with Gasteiger partial charge in [-0.3, -0.25) is 9.59 Å². The Morgan fingerprint density at radius 3 is 2.54 bits per heavy atom. The number of likely N-dealkylation sites (tertiary alicyclic amines) is 1. The smallest absolute Gasteiger partial charge is 0.253 e. The second kappa shape index (κ2) is 8.56. The maximum absolute atomic E-state index is 12.6. The van der Waals surface area contributed by atoms with Crippen LogP contribution in [0.15, 0.2) is 48.5 Å². The lowest BCUT2D eigenvalue weighted by molar-refractivity contribution is -0.126. The van der Waals surface area contributed by atoms with E-state index < -0.39 is 0 Å². The molecule has 1 fully saturated rings. The number of carbonyl (C=O) groups excluding carboxylic acids is 2. The van der Waals surface area contributed by atoms with Crippen LogP contribution in [0.5, 0.6) is 0 Å². The Morgan fingerprint density at radius 2 is 1.81 bits per heavy atom. The van der Waals surface area contributed by atoms with Crippen LogP contribution in [0.3, 0.4) is 0 Å². The van der Waals surface area contributed by atoms with Crippen LogP contribution in [-0.2, 0) is 11.3 Å². The number of piperidine rings is 1. The van der Waals surface area contributed by atoms with Gasteiger partial charge in [0.25, 0.3) is 5.91 Å². The highest BCUT2D eigenvalue weighted by Crippen LogP contribution is 2.20. The summed E-state index contributed by atoms with van der Waals surface area (Å²) >= 11 is 12.0. The molecule has 1 aliphatic rings. The SMILES string of the molecule is O=C(NCc1ccccc1Cl)C1CCCN(C(=O)c2ccc(Cl)cc2)C1. The molecule has 1 atom stereocenters. The van der Waals surface area contributed by atoms with E-state index in [0.29, 0.717) is 35.2 Å². The first-order valence-electron chi connectivity index (χ1n) is 8.60. The molecule has 1 saturated heterocycles. The summed E-state index contributed by atoms with van der Waals surface area (Å²) in [6.45, 7) is 1.48. The van der Waals surface area contributed by atoms with E-state index in [2.05, 4.69) is 5.32 Å². The molecule has 0 saturated carbocycles. The van der Waals surface area contributed by atoms with E-state index in [1.54, 1.807) is 35.2 Å². The molecule has 2 aromatic carbocycles. The van der Waals surface area contributed by atoms with E-state index >= 15 is 0 Å². The fourth-order valence-electron chi connectivity index (χ4n) is 3.12. The molecule has 3 rings (SSSR count). The highest BCUT2D eigenvalue weighted by atomic mass is 35.5. The molecule has 0 bridgehead atoms. The van der Waals surface area contributed by atoms with Gasteiger partial charge in [0.1, 0.15) is 0 Å². The first-order chi connectivity index (χ1) is 12.5. The molecular formula is C20H20Cl2N2O2. The van der Waals surface area contributed by atoms with Crippen LogP contribution in [0.25, 0.3) is 0 Å². The molecular weight excluding hydrogens is 371 g/mol. The minimum atomic E-state index is -0.206. The zero-order chi connectivity index (χ0) is 18.5. The lowest BCUT2D eigenvalue weighted by atomic mass is 9.96. The average molecular weight is 391 g/mol. The number of nitrogens with zero attached hydrogens (tertiary/aromatic N) is 1. The number of benzene rings is 2. The number of hydrogen-bond acceptors (Lipinski definition) is 2. The fraction of sp³-hybridized carbons (Fsp3) is 0.300. The van der Waals surface area contributed by atoms with Crippen molar-refractivity contribution in [2.24, 2.45) is 5.92 Å². The Hall–Kier alpha value is -2.04. The van der Waals surface area contributed by atoms with Crippen LogP contribution in [0, 0.1) is 5.92 Å². The van der Waals surface area contributed by atoms with Crippen molar-refractivity contribution < 1.29 is 9.59 Å². The third kappa shape index (κ3) is 4.57. The molecule has 1 N–H and O–H groups in total. The number of nitrogens with one attached hydrogen (secondary N) is 1. The first kappa shape index (κ1) is 18.7. The van der Waals surface area contributed by atoms with Crippen molar-refractivity contribution in [3.63, 3.8) is 0 Å². The van der Waals surface area contributed by atoms with Crippen molar-refractivity contribution in [1.82, 2.24) is 10.2 Å². The normalized spacial score (nSPS) is 17.0. The minimum Gasteiger partial charge on any atom is -0.352 e. The second-order valence-corrected chi connectivity index (χ2v) is 7.25. The predicted molar refractivity (Wildman–Crippen MR) is 103 cm³/mol. The summed E-state index contributed by atoms with van der Waals surface area (Å²) < 4.78 is 0. The molecule has 2 amide bonds. The number of carbonyl (C=O) groups is 2. The standard InChI is InChI=1S/C20H20Cl2N2O2/c21-17-9-7-14(8-10-17)20(26)24-11-3-5-16(13-24)19(25)23-12-15-4-1-2-6-18(15)22/h1-2,4,6-10,16H,3,5,11-13H2,(H,23,25). The maximum atomic E-state index is 12.6. The van der Waals surface area contributed by atoms with Gasteiger partial charge in [-0.15, -0.1) is 0 Å². The van der Waals surface area contributed by atoms with Crippen molar-refractivity contribution >= 4 is 35.0 Å². The van der Waals surface area contributed by atoms with Crippen molar-refractivity contribution in [2.45, 2.75) is 19.4 Å². The maximum Gasteiger partial charge on any atom is 0.253 e. The Labute approximate surface area is 163 Å². The summed E-state index contributed by atoms with van der Waals surface area (Å²) in [5.74, 6) is -0.314. The lowest BCUT2D eigenvalue weighted by Crippen LogP contribution is -2.45. The molecule has 26 heavy (non-hydrogen) atoms. The average Bonchev–Trinajstić information content (AvgIpc) is 2.67. The molecule has 0 aliphatic carbocycles. The van der Waals surface area contributed by atoms with Crippen LogP contribution in [-0.4, -0.2) is 29.8 Å². The monoisotopic (exact) mass is 390 g/mol. The molecule has 0 spiro atoms. The minimum absolute atomic E-state index is 0.0430. The Morgan fingerprint density at radius 1 is 1.08 bits per heavy atom. The lowest BCUT2D eigenvalue weighted by Gasteiger charge is -2.32. The summed E-state index contributed by atoms with van der Waals surface area (Å²) in [5, 5.41) is 4.17. The number of rotatable bonds is 4. The van der Waals surface area contributed by atoms with Crippen LogP contribution in [0.1, 0.15) is 28.8 Å². The van der Waals surface area contributed by atoms with Gasteiger partial charge in [-0.25, -0.2) is 0 Å². The summed E-state index contributed by atoms with van der Waals surface area (Å²) in [7, 11) is 0. The highest BCUT2D eigenvalue weighted by Gasteiger charge is 2.28. The summed E-state index contributed by atoms with van der Waals surface area (Å²) in [6.07, 6.45) is 1.59. The molecule has 136 valence electrons. The van der Waals surface area contributed by atoms with Gasteiger partial charge in [-0.05, 0) is 48.7 Å². The summed E-state index contributed by atoms with van der Waals surface area (Å²) in [4.78, 5) is 26.9. The first-order valence-corrected chi connectivity index (χ1v) is 9.36. The quantitative estimate of drug-likeness (QED) is 0.851. The number of hydrogen-bond donors (Lipinski definition) is 1. The van der Waals surface area contributed by atoms with Crippen molar-refractivity contribution in [3.05, 3.63) is 69.7 Å².